The van der Waals surface area contributed by atoms with E-state index in [1.807, 2.05) is 33.3 Å². The largest absolute Gasteiger partial charge is 0.153 e. The topological polar surface area (TPSA) is 0 Å². The summed E-state index contributed by atoms with van der Waals surface area (Å²) in [5.74, 6) is 0. The van der Waals surface area contributed by atoms with E-state index in [0.717, 1.165) is 0 Å². The van der Waals surface area contributed by atoms with E-state index < -0.39 is 0 Å². The molecule has 1 heterocycles. The van der Waals surface area contributed by atoms with Crippen LogP contribution in [0.5, 0.6) is 0 Å². The van der Waals surface area contributed by atoms with E-state index in [-0.39, 0.29) is 0 Å². The van der Waals surface area contributed by atoms with Crippen LogP contribution >= 0.6 is 46.0 Å². The van der Waals surface area contributed by atoms with Crippen LogP contribution in [0.4, 0.5) is 0 Å². The van der Waals surface area contributed by atoms with E-state index in [2.05, 4.69) is 12.6 Å². The van der Waals surface area contributed by atoms with Crippen molar-refractivity contribution in [2.24, 2.45) is 0 Å². The van der Waals surface area contributed by atoms with Crippen LogP contribution in [0.15, 0.2) is 0 Å². The zero-order valence-corrected chi connectivity index (χ0v) is 6.30. The molecule has 4 heteroatoms. The number of hydrogen-bond donors (Lipinski definition) is 1. The van der Waals surface area contributed by atoms with Gasteiger partial charge >= 0.3 is 0 Å². The van der Waals surface area contributed by atoms with Crippen molar-refractivity contribution in [1.82, 2.24) is 0 Å². The molecule has 1 rings (SSSR count). The number of rotatable bonds is 0. The first-order valence-corrected chi connectivity index (χ1v) is 5.42. The van der Waals surface area contributed by atoms with Gasteiger partial charge in [-0.1, -0.05) is 21.6 Å². The second kappa shape index (κ2) is 2.64. The molecule has 0 radical (unpaired) electrons. The Morgan fingerprint density at radius 2 is 2.50 bits per heavy atom. The molecule has 0 N–H and O–H groups in total. The summed E-state index contributed by atoms with van der Waals surface area (Å²) in [5.41, 5.74) is 0. The van der Waals surface area contributed by atoms with Crippen molar-refractivity contribution in [2.75, 3.05) is 5.08 Å². The van der Waals surface area contributed by atoms with Crippen molar-refractivity contribution in [1.29, 1.82) is 0 Å². The molecule has 0 aliphatic carbocycles. The molecule has 0 saturated carbocycles. The van der Waals surface area contributed by atoms with Crippen LogP contribution in [-0.2, 0) is 0 Å². The first kappa shape index (κ1) is 5.54. The third-order valence-electron chi connectivity index (χ3n) is 0.409. The zero-order chi connectivity index (χ0) is 4.41. The molecular formula is C2H4S4. The molecule has 6 heavy (non-hydrogen) atoms. The predicted molar refractivity (Wildman–Crippen MR) is 40.4 cm³/mol. The van der Waals surface area contributed by atoms with Crippen molar-refractivity contribution in [3.8, 4) is 0 Å². The van der Waals surface area contributed by atoms with Crippen LogP contribution in [0.25, 0.3) is 0 Å². The quantitative estimate of drug-likeness (QED) is 0.422. The van der Waals surface area contributed by atoms with Gasteiger partial charge in [0, 0.05) is 0 Å². The molecule has 36 valence electrons. The summed E-state index contributed by atoms with van der Waals surface area (Å²) >= 11 is 6.08. The van der Waals surface area contributed by atoms with Crippen LogP contribution in [-0.4, -0.2) is 9.00 Å². The predicted octanol–water partition coefficient (Wildman–Crippen LogP) is 2.29. The Bertz CT molecular complexity index is 38.8. The van der Waals surface area contributed by atoms with E-state index >= 15 is 0 Å². The fourth-order valence-electron chi connectivity index (χ4n) is 0.200. The highest BCUT2D eigenvalue weighted by atomic mass is 33.1. The second-order valence-corrected chi connectivity index (χ2v) is 6.25. The normalized spacial score (nSPS) is 34.5. The molecule has 1 aliphatic heterocycles. The first-order valence-electron chi connectivity index (χ1n) is 1.47. The number of thiol groups is 1. The van der Waals surface area contributed by atoms with Gasteiger partial charge in [-0.2, -0.15) is 12.6 Å². The van der Waals surface area contributed by atoms with Gasteiger partial charge in [0.2, 0.25) is 0 Å². The third-order valence-corrected chi connectivity index (χ3v) is 6.03. The molecule has 0 aromatic rings. The van der Waals surface area contributed by atoms with Crippen LogP contribution < -0.4 is 0 Å². The highest BCUT2D eigenvalue weighted by molar-refractivity contribution is 8.84. The maximum absolute atomic E-state index is 4.20. The van der Waals surface area contributed by atoms with Crippen LogP contribution in [0, 0.1) is 0 Å². The maximum Gasteiger partial charge on any atom is 0.104 e. The maximum atomic E-state index is 4.20. The molecule has 1 aliphatic rings. The Morgan fingerprint density at radius 3 is 2.67 bits per heavy atom. The lowest BCUT2D eigenvalue weighted by molar-refractivity contribution is 2.10. The Labute approximate surface area is 55.0 Å². The summed E-state index contributed by atoms with van der Waals surface area (Å²) in [7, 11) is 3.73. The molecule has 0 nitrogen and oxygen atoms in total. The van der Waals surface area contributed by atoms with Crippen molar-refractivity contribution >= 4 is 46.0 Å². The van der Waals surface area contributed by atoms with E-state index in [0.29, 0.717) is 3.91 Å². The van der Waals surface area contributed by atoms with Gasteiger partial charge in [-0.3, -0.25) is 0 Å². The Morgan fingerprint density at radius 1 is 1.67 bits per heavy atom. The SMILES string of the molecule is SC1SCSS1. The standard InChI is InChI=1S/C2H4S4/c3-2-4-1-5-6-2/h2-3H,1H2. The summed E-state index contributed by atoms with van der Waals surface area (Å²) in [4.78, 5) is 0. The Hall–Kier alpha value is 1.40. The molecule has 0 amide bonds. The molecule has 0 aromatic carbocycles. The Balaban J connectivity index is 2.18. The lowest BCUT2D eigenvalue weighted by atomic mass is 11.8. The van der Waals surface area contributed by atoms with Crippen molar-refractivity contribution in [3.63, 3.8) is 0 Å². The van der Waals surface area contributed by atoms with Gasteiger partial charge in [0.15, 0.2) is 0 Å². The fourth-order valence-corrected chi connectivity index (χ4v) is 5.39. The molecule has 0 bridgehead atoms. The van der Waals surface area contributed by atoms with E-state index in [4.69, 9.17) is 0 Å². The summed E-state index contributed by atoms with van der Waals surface area (Å²) in [6.07, 6.45) is 0. The van der Waals surface area contributed by atoms with Gasteiger partial charge in [0.25, 0.3) is 0 Å². The second-order valence-electron chi connectivity index (χ2n) is 0.806. The highest BCUT2D eigenvalue weighted by Gasteiger charge is 2.10. The molecule has 1 saturated heterocycles. The van der Waals surface area contributed by atoms with Gasteiger partial charge in [0.1, 0.15) is 3.91 Å². The van der Waals surface area contributed by atoms with Gasteiger partial charge in [-0.25, -0.2) is 0 Å². The summed E-state index contributed by atoms with van der Waals surface area (Å²) < 4.78 is 0.537. The van der Waals surface area contributed by atoms with Crippen molar-refractivity contribution < 1.29 is 0 Å². The average molecular weight is 156 g/mol. The van der Waals surface area contributed by atoms with E-state index in [9.17, 15) is 0 Å². The summed E-state index contributed by atoms with van der Waals surface area (Å²) in [6.45, 7) is 0. The monoisotopic (exact) mass is 156 g/mol. The average Bonchev–Trinajstić information content (AvgIpc) is 1.86. The molecule has 1 unspecified atom stereocenters. The molecule has 1 fully saturated rings. The number of hydrogen-bond acceptors (Lipinski definition) is 4. The summed E-state index contributed by atoms with van der Waals surface area (Å²) in [5, 5.41) is 1.21. The lowest BCUT2D eigenvalue weighted by Gasteiger charge is -1.87. The molecule has 0 aromatic heterocycles. The molecule has 0 spiro atoms. The van der Waals surface area contributed by atoms with Gasteiger partial charge in [-0.05, 0) is 0 Å². The summed E-state index contributed by atoms with van der Waals surface area (Å²) in [6, 6.07) is 0. The fraction of sp³-hybridized carbons (Fsp3) is 1.00. The minimum absolute atomic E-state index is 0.537. The molecular weight excluding hydrogens is 152 g/mol. The lowest BCUT2D eigenvalue weighted by Crippen LogP contribution is -1.67. The van der Waals surface area contributed by atoms with Crippen LogP contribution in [0.3, 0.4) is 0 Å². The highest BCUT2D eigenvalue weighted by Crippen LogP contribution is 2.46. The zero-order valence-electron chi connectivity index (χ0n) is 2.96. The minimum atomic E-state index is 0.537. The Kier molecular flexibility index (Phi) is 2.44. The van der Waals surface area contributed by atoms with Crippen molar-refractivity contribution in [3.05, 3.63) is 0 Å². The van der Waals surface area contributed by atoms with Crippen molar-refractivity contribution in [2.45, 2.75) is 3.91 Å². The van der Waals surface area contributed by atoms with E-state index in [1.54, 1.807) is 0 Å². The molecule has 1 atom stereocenters. The minimum Gasteiger partial charge on any atom is -0.153 e. The van der Waals surface area contributed by atoms with Gasteiger partial charge in [0.05, 0.1) is 5.08 Å². The number of thioether (sulfide) groups is 1. The van der Waals surface area contributed by atoms with Crippen LogP contribution in [0.2, 0.25) is 0 Å². The van der Waals surface area contributed by atoms with Gasteiger partial charge < -0.3 is 0 Å². The smallest absolute Gasteiger partial charge is 0.104 e. The van der Waals surface area contributed by atoms with E-state index in [1.165, 1.54) is 5.08 Å². The van der Waals surface area contributed by atoms with Gasteiger partial charge in [-0.15, -0.1) is 11.8 Å². The third kappa shape index (κ3) is 1.48. The van der Waals surface area contributed by atoms with Crippen LogP contribution in [0.1, 0.15) is 0 Å². The first-order chi connectivity index (χ1) is 2.89.